The number of aliphatic hydroxyl groups excluding tert-OH is 1. The first-order valence-corrected chi connectivity index (χ1v) is 8.62. The van der Waals surface area contributed by atoms with Crippen LogP contribution in [0.15, 0.2) is 17.5 Å². The summed E-state index contributed by atoms with van der Waals surface area (Å²) in [6.07, 6.45) is 3.74. The summed E-state index contributed by atoms with van der Waals surface area (Å²) in [5, 5.41) is 13.8. The topological polar surface area (TPSA) is 69.6 Å². The van der Waals surface area contributed by atoms with Gasteiger partial charge in [0.05, 0.1) is 4.88 Å². The Morgan fingerprint density at radius 1 is 1.41 bits per heavy atom. The highest BCUT2D eigenvalue weighted by molar-refractivity contribution is 7.12. The molecule has 1 aromatic heterocycles. The lowest BCUT2D eigenvalue weighted by atomic mass is 9.86. The molecule has 0 spiro atoms. The molecule has 2 rings (SSSR count). The maximum atomic E-state index is 12.5. The lowest BCUT2D eigenvalue weighted by Gasteiger charge is -2.35. The van der Waals surface area contributed by atoms with Crippen LogP contribution in [0.3, 0.4) is 0 Å². The van der Waals surface area contributed by atoms with E-state index < -0.39 is 6.04 Å². The van der Waals surface area contributed by atoms with Gasteiger partial charge in [-0.3, -0.25) is 9.59 Å². The van der Waals surface area contributed by atoms with Crippen LogP contribution in [-0.2, 0) is 4.79 Å². The van der Waals surface area contributed by atoms with Crippen LogP contribution < -0.4 is 5.32 Å². The summed E-state index contributed by atoms with van der Waals surface area (Å²) in [5.74, 6) is 0.112. The minimum atomic E-state index is -0.532. The molecule has 1 saturated carbocycles. The van der Waals surface area contributed by atoms with Gasteiger partial charge in [0, 0.05) is 19.7 Å². The number of likely N-dealkylation sites (N-methyl/N-ethyl adjacent to an activating group) is 1. The molecule has 0 radical (unpaired) electrons. The minimum Gasteiger partial charge on any atom is -0.396 e. The van der Waals surface area contributed by atoms with Crippen LogP contribution in [-0.4, -0.2) is 47.6 Å². The van der Waals surface area contributed by atoms with Gasteiger partial charge in [-0.15, -0.1) is 11.3 Å². The monoisotopic (exact) mass is 324 g/mol. The molecule has 2 amide bonds. The summed E-state index contributed by atoms with van der Waals surface area (Å²) in [4.78, 5) is 26.8. The van der Waals surface area contributed by atoms with Gasteiger partial charge in [0.2, 0.25) is 5.91 Å². The van der Waals surface area contributed by atoms with Crippen molar-refractivity contribution in [2.45, 2.75) is 44.7 Å². The Morgan fingerprint density at radius 2 is 2.09 bits per heavy atom. The molecule has 122 valence electrons. The third kappa shape index (κ3) is 4.08. The fraction of sp³-hybridized carbons (Fsp3) is 0.625. The summed E-state index contributed by atoms with van der Waals surface area (Å²) >= 11 is 1.36. The van der Waals surface area contributed by atoms with Crippen LogP contribution in [0.5, 0.6) is 0 Å². The first-order chi connectivity index (χ1) is 10.5. The van der Waals surface area contributed by atoms with E-state index in [-0.39, 0.29) is 24.5 Å². The van der Waals surface area contributed by atoms with Gasteiger partial charge in [0.15, 0.2) is 0 Å². The molecule has 1 aromatic rings. The van der Waals surface area contributed by atoms with Gasteiger partial charge >= 0.3 is 0 Å². The maximum absolute atomic E-state index is 12.5. The molecule has 1 atom stereocenters. The molecule has 0 bridgehead atoms. The number of nitrogens with zero attached hydrogens (tertiary/aromatic N) is 1. The van der Waals surface area contributed by atoms with E-state index in [4.69, 9.17) is 0 Å². The molecule has 0 aromatic carbocycles. The number of hydrogen-bond donors (Lipinski definition) is 2. The molecule has 1 heterocycles. The van der Waals surface area contributed by atoms with Gasteiger partial charge < -0.3 is 15.3 Å². The van der Waals surface area contributed by atoms with Crippen molar-refractivity contribution in [1.29, 1.82) is 0 Å². The quantitative estimate of drug-likeness (QED) is 0.869. The molecular formula is C16H24N2O3S. The second-order valence-corrected chi connectivity index (χ2v) is 6.93. The number of aliphatic hydroxyl groups is 1. The highest BCUT2D eigenvalue weighted by Gasteiger charge is 2.29. The summed E-state index contributed by atoms with van der Waals surface area (Å²) in [7, 11) is 1.81. The zero-order valence-corrected chi connectivity index (χ0v) is 13.9. The van der Waals surface area contributed by atoms with Crippen molar-refractivity contribution < 1.29 is 14.7 Å². The predicted octanol–water partition coefficient (Wildman–Crippen LogP) is 1.88. The zero-order valence-electron chi connectivity index (χ0n) is 13.1. The molecule has 0 saturated heterocycles. The van der Waals surface area contributed by atoms with E-state index in [0.29, 0.717) is 10.8 Å². The number of carbonyl (C=O) groups excluding carboxylic acids is 2. The second kappa shape index (κ2) is 7.74. The van der Waals surface area contributed by atoms with E-state index in [0.717, 1.165) is 25.7 Å². The Balaban J connectivity index is 1.86. The van der Waals surface area contributed by atoms with Gasteiger partial charge in [-0.05, 0) is 50.0 Å². The van der Waals surface area contributed by atoms with E-state index >= 15 is 0 Å². The van der Waals surface area contributed by atoms with Gasteiger partial charge in [-0.25, -0.2) is 0 Å². The van der Waals surface area contributed by atoms with Gasteiger partial charge in [-0.2, -0.15) is 0 Å². The zero-order chi connectivity index (χ0) is 16.1. The molecule has 5 nitrogen and oxygen atoms in total. The number of amides is 2. The number of nitrogens with one attached hydrogen (secondary N) is 1. The predicted molar refractivity (Wildman–Crippen MR) is 86.8 cm³/mol. The van der Waals surface area contributed by atoms with Gasteiger partial charge in [-0.1, -0.05) is 6.07 Å². The molecule has 1 aliphatic rings. The van der Waals surface area contributed by atoms with Crippen molar-refractivity contribution in [2.24, 2.45) is 5.92 Å². The number of thiophene rings is 1. The van der Waals surface area contributed by atoms with E-state index in [2.05, 4.69) is 5.32 Å². The van der Waals surface area contributed by atoms with Crippen LogP contribution >= 0.6 is 11.3 Å². The second-order valence-electron chi connectivity index (χ2n) is 5.98. The average Bonchev–Trinajstić information content (AvgIpc) is 3.08. The Labute approximate surface area is 135 Å². The normalized spacial score (nSPS) is 22.9. The molecule has 2 N–H and O–H groups in total. The Kier molecular flexibility index (Phi) is 5.97. The largest absolute Gasteiger partial charge is 0.396 e. The van der Waals surface area contributed by atoms with Crippen molar-refractivity contribution in [2.75, 3.05) is 13.7 Å². The molecule has 6 heteroatoms. The van der Waals surface area contributed by atoms with Crippen molar-refractivity contribution in [3.8, 4) is 0 Å². The summed E-state index contributed by atoms with van der Waals surface area (Å²) in [6.45, 7) is 1.96. The SMILES string of the molecule is CC(NC(=O)c1cccs1)C(=O)N(C)C1CCC(CO)CC1. The summed E-state index contributed by atoms with van der Waals surface area (Å²) in [6, 6.07) is 3.24. The number of carbonyl (C=O) groups is 2. The van der Waals surface area contributed by atoms with Gasteiger partial charge in [0.1, 0.15) is 6.04 Å². The van der Waals surface area contributed by atoms with Crippen molar-refractivity contribution in [1.82, 2.24) is 10.2 Å². The molecule has 22 heavy (non-hydrogen) atoms. The maximum Gasteiger partial charge on any atom is 0.261 e. The highest BCUT2D eigenvalue weighted by atomic mass is 32.1. The van der Waals surface area contributed by atoms with Crippen LogP contribution in [0.1, 0.15) is 42.3 Å². The standard InChI is InChI=1S/C16H24N2O3S/c1-11(17-15(20)14-4-3-9-22-14)16(21)18(2)13-7-5-12(10-19)6-8-13/h3-4,9,11-13,19H,5-8,10H2,1-2H3,(H,17,20). The molecule has 1 aliphatic carbocycles. The van der Waals surface area contributed by atoms with Crippen LogP contribution in [0.4, 0.5) is 0 Å². The fourth-order valence-corrected chi connectivity index (χ4v) is 3.56. The minimum absolute atomic E-state index is 0.0580. The van der Waals surface area contributed by atoms with Gasteiger partial charge in [0.25, 0.3) is 5.91 Å². The third-order valence-electron chi connectivity index (χ3n) is 4.43. The van der Waals surface area contributed by atoms with E-state index in [1.54, 1.807) is 24.9 Å². The van der Waals surface area contributed by atoms with Crippen LogP contribution in [0, 0.1) is 5.92 Å². The van der Waals surface area contributed by atoms with Crippen molar-refractivity contribution in [3.63, 3.8) is 0 Å². The van der Waals surface area contributed by atoms with E-state index in [1.165, 1.54) is 11.3 Å². The molecular weight excluding hydrogens is 300 g/mol. The van der Waals surface area contributed by atoms with Crippen molar-refractivity contribution in [3.05, 3.63) is 22.4 Å². The first-order valence-electron chi connectivity index (χ1n) is 7.74. The third-order valence-corrected chi connectivity index (χ3v) is 5.30. The van der Waals surface area contributed by atoms with E-state index in [9.17, 15) is 14.7 Å². The Bertz CT molecular complexity index is 495. The Morgan fingerprint density at radius 3 is 2.64 bits per heavy atom. The lowest BCUT2D eigenvalue weighted by Crippen LogP contribution is -2.49. The van der Waals surface area contributed by atoms with E-state index in [1.807, 2.05) is 11.4 Å². The number of hydrogen-bond acceptors (Lipinski definition) is 4. The van der Waals surface area contributed by atoms with Crippen LogP contribution in [0.25, 0.3) is 0 Å². The molecule has 0 aliphatic heterocycles. The fourth-order valence-electron chi connectivity index (χ4n) is 2.94. The molecule has 1 unspecified atom stereocenters. The Hall–Kier alpha value is -1.40. The molecule has 1 fully saturated rings. The smallest absolute Gasteiger partial charge is 0.261 e. The summed E-state index contributed by atoms with van der Waals surface area (Å²) < 4.78 is 0. The van der Waals surface area contributed by atoms with Crippen LogP contribution in [0.2, 0.25) is 0 Å². The number of rotatable bonds is 5. The summed E-state index contributed by atoms with van der Waals surface area (Å²) in [5.41, 5.74) is 0. The lowest BCUT2D eigenvalue weighted by molar-refractivity contribution is -0.134. The average molecular weight is 324 g/mol. The first kappa shape index (κ1) is 17.0. The highest BCUT2D eigenvalue weighted by Crippen LogP contribution is 2.26. The van der Waals surface area contributed by atoms with Crippen molar-refractivity contribution >= 4 is 23.2 Å².